The van der Waals surface area contributed by atoms with E-state index in [1.54, 1.807) is 7.11 Å². The van der Waals surface area contributed by atoms with Gasteiger partial charge in [-0.3, -0.25) is 0 Å². The minimum atomic E-state index is -0.513. The number of nitrogens with two attached hydrogens (primary N) is 1. The fourth-order valence-corrected chi connectivity index (χ4v) is 1.90. The van der Waals surface area contributed by atoms with Crippen LogP contribution in [0.1, 0.15) is 32.6 Å². The standard InChI is InChI=1S/C13H18N2O2/c1-4-7-13(2,14)12-15-10-6-5-9(16-3)8-11(10)17-12/h5-6,8H,4,7,14H2,1-3H3. The number of methoxy groups -OCH3 is 1. The summed E-state index contributed by atoms with van der Waals surface area (Å²) in [5, 5.41) is 0. The Balaban J connectivity index is 2.44. The molecule has 0 saturated carbocycles. The molecular formula is C13H18N2O2. The van der Waals surface area contributed by atoms with Gasteiger partial charge in [0.2, 0.25) is 5.89 Å². The molecule has 1 aromatic heterocycles. The zero-order valence-electron chi connectivity index (χ0n) is 10.5. The second-order valence-electron chi connectivity index (χ2n) is 4.52. The molecule has 17 heavy (non-hydrogen) atoms. The Kier molecular flexibility index (Phi) is 3.07. The quantitative estimate of drug-likeness (QED) is 0.883. The topological polar surface area (TPSA) is 61.3 Å². The number of benzene rings is 1. The van der Waals surface area contributed by atoms with Crippen molar-refractivity contribution in [2.24, 2.45) is 5.73 Å². The fraction of sp³-hybridized carbons (Fsp3) is 0.462. The Labute approximate surface area is 101 Å². The maximum Gasteiger partial charge on any atom is 0.215 e. The minimum Gasteiger partial charge on any atom is -0.497 e. The summed E-state index contributed by atoms with van der Waals surface area (Å²) in [5.41, 5.74) is 7.21. The van der Waals surface area contributed by atoms with Crippen LogP contribution in [0.5, 0.6) is 5.75 Å². The van der Waals surface area contributed by atoms with E-state index in [2.05, 4.69) is 11.9 Å². The normalized spacial score (nSPS) is 14.8. The molecule has 0 spiro atoms. The molecule has 1 atom stereocenters. The molecular weight excluding hydrogens is 216 g/mol. The van der Waals surface area contributed by atoms with E-state index in [0.717, 1.165) is 24.1 Å². The smallest absolute Gasteiger partial charge is 0.215 e. The van der Waals surface area contributed by atoms with Gasteiger partial charge in [0.15, 0.2) is 5.58 Å². The molecule has 2 rings (SSSR count). The fourth-order valence-electron chi connectivity index (χ4n) is 1.90. The van der Waals surface area contributed by atoms with Crippen molar-refractivity contribution >= 4 is 11.1 Å². The maximum absolute atomic E-state index is 6.20. The Morgan fingerprint density at radius 1 is 1.47 bits per heavy atom. The molecule has 0 amide bonds. The van der Waals surface area contributed by atoms with Gasteiger partial charge in [-0.1, -0.05) is 13.3 Å². The Morgan fingerprint density at radius 3 is 2.88 bits per heavy atom. The van der Waals surface area contributed by atoms with E-state index in [1.807, 2.05) is 25.1 Å². The van der Waals surface area contributed by atoms with Gasteiger partial charge in [-0.15, -0.1) is 0 Å². The molecule has 92 valence electrons. The SMILES string of the molecule is CCCC(C)(N)c1nc2ccc(OC)cc2o1. The van der Waals surface area contributed by atoms with Crippen molar-refractivity contribution < 1.29 is 9.15 Å². The molecule has 1 unspecified atom stereocenters. The van der Waals surface area contributed by atoms with Crippen LogP contribution in [0.3, 0.4) is 0 Å². The van der Waals surface area contributed by atoms with E-state index >= 15 is 0 Å². The number of fused-ring (bicyclic) bond motifs is 1. The van der Waals surface area contributed by atoms with Crippen LogP contribution >= 0.6 is 0 Å². The van der Waals surface area contributed by atoms with Gasteiger partial charge in [-0.25, -0.2) is 4.98 Å². The van der Waals surface area contributed by atoms with Crippen LogP contribution in [0.2, 0.25) is 0 Å². The van der Waals surface area contributed by atoms with Gasteiger partial charge in [-0.05, 0) is 25.5 Å². The van der Waals surface area contributed by atoms with Gasteiger partial charge >= 0.3 is 0 Å². The molecule has 4 heteroatoms. The van der Waals surface area contributed by atoms with Gasteiger partial charge in [0, 0.05) is 6.07 Å². The van der Waals surface area contributed by atoms with Crippen LogP contribution in [0, 0.1) is 0 Å². The third-order valence-electron chi connectivity index (χ3n) is 2.85. The van der Waals surface area contributed by atoms with Crippen molar-refractivity contribution in [2.45, 2.75) is 32.2 Å². The predicted molar refractivity (Wildman–Crippen MR) is 67.0 cm³/mol. The largest absolute Gasteiger partial charge is 0.497 e. The molecule has 0 aliphatic rings. The first-order valence-corrected chi connectivity index (χ1v) is 5.81. The molecule has 0 fully saturated rings. The van der Waals surface area contributed by atoms with Crippen LogP contribution in [0.4, 0.5) is 0 Å². The number of oxazole rings is 1. The lowest BCUT2D eigenvalue weighted by Crippen LogP contribution is -2.33. The summed E-state index contributed by atoms with van der Waals surface area (Å²) >= 11 is 0. The lowest BCUT2D eigenvalue weighted by molar-refractivity contribution is 0.341. The number of aromatic nitrogens is 1. The van der Waals surface area contributed by atoms with Crippen LogP contribution in [0.25, 0.3) is 11.1 Å². The zero-order valence-corrected chi connectivity index (χ0v) is 10.5. The van der Waals surface area contributed by atoms with Crippen molar-refractivity contribution in [2.75, 3.05) is 7.11 Å². The van der Waals surface area contributed by atoms with Gasteiger partial charge in [0.05, 0.1) is 12.6 Å². The zero-order chi connectivity index (χ0) is 12.5. The molecule has 1 aromatic carbocycles. The van der Waals surface area contributed by atoms with Crippen molar-refractivity contribution in [3.8, 4) is 5.75 Å². The summed E-state index contributed by atoms with van der Waals surface area (Å²) in [7, 11) is 1.63. The Morgan fingerprint density at radius 2 is 2.24 bits per heavy atom. The third-order valence-corrected chi connectivity index (χ3v) is 2.85. The minimum absolute atomic E-state index is 0.513. The summed E-state index contributed by atoms with van der Waals surface area (Å²) < 4.78 is 10.9. The highest BCUT2D eigenvalue weighted by Crippen LogP contribution is 2.28. The van der Waals surface area contributed by atoms with Crippen LogP contribution in [-0.2, 0) is 5.54 Å². The summed E-state index contributed by atoms with van der Waals surface area (Å²) in [6, 6.07) is 5.57. The van der Waals surface area contributed by atoms with Crippen molar-refractivity contribution in [1.29, 1.82) is 0 Å². The third kappa shape index (κ3) is 2.26. The van der Waals surface area contributed by atoms with Crippen LogP contribution < -0.4 is 10.5 Å². The summed E-state index contributed by atoms with van der Waals surface area (Å²) in [6.45, 7) is 4.04. The predicted octanol–water partition coefficient (Wildman–Crippen LogP) is 2.81. The van der Waals surface area contributed by atoms with E-state index in [9.17, 15) is 0 Å². The monoisotopic (exact) mass is 234 g/mol. The number of nitrogens with zero attached hydrogens (tertiary/aromatic N) is 1. The van der Waals surface area contributed by atoms with Crippen molar-refractivity contribution in [3.05, 3.63) is 24.1 Å². The van der Waals surface area contributed by atoms with E-state index in [4.69, 9.17) is 14.9 Å². The molecule has 4 nitrogen and oxygen atoms in total. The van der Waals surface area contributed by atoms with E-state index < -0.39 is 5.54 Å². The summed E-state index contributed by atoms with van der Waals surface area (Å²) in [4.78, 5) is 4.43. The average molecular weight is 234 g/mol. The Hall–Kier alpha value is -1.55. The highest BCUT2D eigenvalue weighted by atomic mass is 16.5. The number of rotatable bonds is 4. The van der Waals surface area contributed by atoms with Crippen molar-refractivity contribution in [3.63, 3.8) is 0 Å². The van der Waals surface area contributed by atoms with Gasteiger partial charge in [-0.2, -0.15) is 0 Å². The molecule has 2 N–H and O–H groups in total. The lowest BCUT2D eigenvalue weighted by atomic mass is 9.98. The van der Waals surface area contributed by atoms with Gasteiger partial charge in [0.25, 0.3) is 0 Å². The number of hydrogen-bond donors (Lipinski definition) is 1. The summed E-state index contributed by atoms with van der Waals surface area (Å²) in [6.07, 6.45) is 1.84. The van der Waals surface area contributed by atoms with E-state index in [-0.39, 0.29) is 0 Å². The lowest BCUT2D eigenvalue weighted by Gasteiger charge is -2.19. The molecule has 0 bridgehead atoms. The molecule has 1 heterocycles. The second-order valence-corrected chi connectivity index (χ2v) is 4.52. The van der Waals surface area contributed by atoms with Crippen LogP contribution in [-0.4, -0.2) is 12.1 Å². The first-order chi connectivity index (χ1) is 8.06. The Bertz CT molecular complexity index is 517. The van der Waals surface area contributed by atoms with E-state index in [0.29, 0.717) is 11.5 Å². The number of hydrogen-bond acceptors (Lipinski definition) is 4. The first kappa shape index (κ1) is 11.9. The van der Waals surface area contributed by atoms with Crippen LogP contribution in [0.15, 0.2) is 22.6 Å². The van der Waals surface area contributed by atoms with Gasteiger partial charge < -0.3 is 14.9 Å². The molecule has 0 radical (unpaired) electrons. The molecule has 0 aliphatic heterocycles. The number of ether oxygens (including phenoxy) is 1. The van der Waals surface area contributed by atoms with Gasteiger partial charge in [0.1, 0.15) is 11.3 Å². The second kappa shape index (κ2) is 4.37. The average Bonchev–Trinajstić information content (AvgIpc) is 2.72. The highest BCUT2D eigenvalue weighted by molar-refractivity contribution is 5.74. The van der Waals surface area contributed by atoms with E-state index in [1.165, 1.54) is 0 Å². The molecule has 2 aromatic rings. The summed E-state index contributed by atoms with van der Waals surface area (Å²) in [5.74, 6) is 1.34. The molecule has 0 saturated heterocycles. The molecule has 0 aliphatic carbocycles. The maximum atomic E-state index is 6.20. The first-order valence-electron chi connectivity index (χ1n) is 5.81. The van der Waals surface area contributed by atoms with Crippen molar-refractivity contribution in [1.82, 2.24) is 4.98 Å². The highest BCUT2D eigenvalue weighted by Gasteiger charge is 2.26.